The van der Waals surface area contributed by atoms with Crippen LogP contribution < -0.4 is 0 Å². The van der Waals surface area contributed by atoms with Gasteiger partial charge in [-0.25, -0.2) is 4.79 Å². The summed E-state index contributed by atoms with van der Waals surface area (Å²) in [7, 11) is 0. The van der Waals surface area contributed by atoms with Crippen molar-refractivity contribution < 1.29 is 15.0 Å². The third-order valence-electron chi connectivity index (χ3n) is 1.46. The summed E-state index contributed by atoms with van der Waals surface area (Å²) in [6.45, 7) is 5.20. The molecule has 1 amide bonds. The summed E-state index contributed by atoms with van der Waals surface area (Å²) in [6.07, 6.45) is -1.54. The molecule has 0 aromatic heterocycles. The number of aliphatic hydroxyl groups excluding tert-OH is 1. The number of aliphatic hydroxyl groups is 1. The smallest absolute Gasteiger partial charge is 0.409 e. The van der Waals surface area contributed by atoms with E-state index in [-0.39, 0.29) is 6.04 Å². The van der Waals surface area contributed by atoms with E-state index in [1.807, 2.05) is 0 Å². The summed E-state index contributed by atoms with van der Waals surface area (Å²) in [4.78, 5) is 11.5. The molecule has 4 heteroatoms. The third kappa shape index (κ3) is 2.76. The molecule has 0 heterocycles. The molecule has 0 saturated heterocycles. The Morgan fingerprint density at radius 1 is 1.55 bits per heavy atom. The average Bonchev–Trinajstić information content (AvgIpc) is 1.85. The topological polar surface area (TPSA) is 60.8 Å². The first-order valence-corrected chi connectivity index (χ1v) is 3.70. The van der Waals surface area contributed by atoms with Crippen LogP contribution in [0.25, 0.3) is 0 Å². The normalized spacial score (nSPS) is 13.2. The van der Waals surface area contributed by atoms with Crippen molar-refractivity contribution in [2.45, 2.75) is 39.5 Å². The molecule has 4 nitrogen and oxygen atoms in total. The summed E-state index contributed by atoms with van der Waals surface area (Å²) in [6, 6.07) is -0.178. The molecule has 66 valence electrons. The second-order valence-corrected chi connectivity index (χ2v) is 2.67. The van der Waals surface area contributed by atoms with Crippen LogP contribution in [0, 0.1) is 0 Å². The van der Waals surface area contributed by atoms with Crippen LogP contribution in [0.15, 0.2) is 0 Å². The number of carbonyl (C=O) groups is 1. The van der Waals surface area contributed by atoms with E-state index in [2.05, 4.69) is 0 Å². The monoisotopic (exact) mass is 161 g/mol. The highest BCUT2D eigenvalue weighted by molar-refractivity contribution is 5.65. The highest BCUT2D eigenvalue weighted by Gasteiger charge is 2.21. The van der Waals surface area contributed by atoms with Crippen LogP contribution in [0.1, 0.15) is 27.2 Å². The maximum Gasteiger partial charge on any atom is 0.409 e. The molecule has 0 radical (unpaired) electrons. The van der Waals surface area contributed by atoms with Gasteiger partial charge in [0.05, 0.1) is 0 Å². The van der Waals surface area contributed by atoms with Crippen molar-refractivity contribution in [3.05, 3.63) is 0 Å². The van der Waals surface area contributed by atoms with Gasteiger partial charge in [-0.3, -0.25) is 4.90 Å². The highest BCUT2D eigenvalue weighted by Crippen LogP contribution is 2.06. The van der Waals surface area contributed by atoms with Gasteiger partial charge in [0, 0.05) is 6.04 Å². The second kappa shape index (κ2) is 4.18. The summed E-state index contributed by atoms with van der Waals surface area (Å²) in [5.74, 6) is 0. The zero-order chi connectivity index (χ0) is 9.02. The third-order valence-corrected chi connectivity index (χ3v) is 1.46. The standard InChI is InChI=1S/C7H15NO3/c1-4-6(9)8(5(2)3)7(10)11/h5-6,9H,4H2,1-3H3,(H,10,11). The van der Waals surface area contributed by atoms with Gasteiger partial charge in [0.1, 0.15) is 6.23 Å². The molecule has 0 aliphatic rings. The Bertz CT molecular complexity index is 136. The second-order valence-electron chi connectivity index (χ2n) is 2.67. The first-order valence-electron chi connectivity index (χ1n) is 3.70. The van der Waals surface area contributed by atoms with E-state index in [0.29, 0.717) is 6.42 Å². The fourth-order valence-corrected chi connectivity index (χ4v) is 0.889. The highest BCUT2D eigenvalue weighted by atomic mass is 16.4. The molecular weight excluding hydrogens is 146 g/mol. The van der Waals surface area contributed by atoms with Crippen LogP contribution in [-0.2, 0) is 0 Å². The van der Waals surface area contributed by atoms with E-state index in [0.717, 1.165) is 4.90 Å². The summed E-state index contributed by atoms with van der Waals surface area (Å²) >= 11 is 0. The molecule has 1 unspecified atom stereocenters. The number of rotatable bonds is 3. The van der Waals surface area contributed by atoms with Crippen molar-refractivity contribution in [1.82, 2.24) is 4.90 Å². The van der Waals surface area contributed by atoms with Crippen LogP contribution in [0.4, 0.5) is 4.79 Å². The van der Waals surface area contributed by atoms with E-state index in [9.17, 15) is 9.90 Å². The minimum Gasteiger partial charge on any atom is -0.465 e. The lowest BCUT2D eigenvalue weighted by molar-refractivity contribution is -0.00619. The van der Waals surface area contributed by atoms with Gasteiger partial charge in [-0.05, 0) is 20.3 Å². The fraction of sp³-hybridized carbons (Fsp3) is 0.857. The first kappa shape index (κ1) is 10.2. The zero-order valence-corrected chi connectivity index (χ0v) is 7.11. The number of hydrogen-bond acceptors (Lipinski definition) is 2. The van der Waals surface area contributed by atoms with Gasteiger partial charge in [0.25, 0.3) is 0 Å². The molecule has 2 N–H and O–H groups in total. The maximum absolute atomic E-state index is 10.5. The summed E-state index contributed by atoms with van der Waals surface area (Å²) in [5.41, 5.74) is 0. The van der Waals surface area contributed by atoms with Gasteiger partial charge in [-0.1, -0.05) is 6.92 Å². The Labute approximate surface area is 66.4 Å². The molecule has 0 spiro atoms. The van der Waals surface area contributed by atoms with Crippen LogP contribution >= 0.6 is 0 Å². The minimum absolute atomic E-state index is 0.178. The summed E-state index contributed by atoms with van der Waals surface area (Å²) in [5, 5.41) is 17.8. The molecule has 0 bridgehead atoms. The van der Waals surface area contributed by atoms with Gasteiger partial charge in [-0.15, -0.1) is 0 Å². The fourth-order valence-electron chi connectivity index (χ4n) is 0.889. The molecule has 0 aromatic carbocycles. The SMILES string of the molecule is CCC(O)N(C(=O)O)C(C)C. The Kier molecular flexibility index (Phi) is 3.89. The van der Waals surface area contributed by atoms with E-state index in [1.165, 1.54) is 0 Å². The van der Waals surface area contributed by atoms with Crippen molar-refractivity contribution >= 4 is 6.09 Å². The van der Waals surface area contributed by atoms with Crippen LogP contribution in [-0.4, -0.2) is 33.5 Å². The van der Waals surface area contributed by atoms with Crippen molar-refractivity contribution in [2.24, 2.45) is 0 Å². The zero-order valence-electron chi connectivity index (χ0n) is 7.11. The van der Waals surface area contributed by atoms with E-state index < -0.39 is 12.3 Å². The molecule has 0 aliphatic carbocycles. The lowest BCUT2D eigenvalue weighted by Crippen LogP contribution is -2.43. The van der Waals surface area contributed by atoms with Crippen LogP contribution in [0.5, 0.6) is 0 Å². The minimum atomic E-state index is -1.07. The molecule has 0 saturated carbocycles. The van der Waals surface area contributed by atoms with Gasteiger partial charge in [-0.2, -0.15) is 0 Å². The quantitative estimate of drug-likeness (QED) is 0.609. The molecule has 0 rings (SSSR count). The van der Waals surface area contributed by atoms with Gasteiger partial charge in [0.15, 0.2) is 0 Å². The lowest BCUT2D eigenvalue weighted by Gasteiger charge is -2.27. The van der Waals surface area contributed by atoms with Gasteiger partial charge in [0.2, 0.25) is 0 Å². The van der Waals surface area contributed by atoms with Crippen LogP contribution in [0.3, 0.4) is 0 Å². The van der Waals surface area contributed by atoms with E-state index in [1.54, 1.807) is 20.8 Å². The van der Waals surface area contributed by atoms with Gasteiger partial charge < -0.3 is 10.2 Å². The van der Waals surface area contributed by atoms with Crippen molar-refractivity contribution in [3.63, 3.8) is 0 Å². The largest absolute Gasteiger partial charge is 0.465 e. The Balaban J connectivity index is 4.21. The maximum atomic E-state index is 10.5. The predicted octanol–water partition coefficient (Wildman–Crippen LogP) is 1.10. The lowest BCUT2D eigenvalue weighted by atomic mass is 10.3. The molecule has 1 atom stereocenters. The summed E-state index contributed by atoms with van der Waals surface area (Å²) < 4.78 is 0. The van der Waals surface area contributed by atoms with Crippen molar-refractivity contribution in [1.29, 1.82) is 0 Å². The molecule has 0 aliphatic heterocycles. The van der Waals surface area contributed by atoms with E-state index in [4.69, 9.17) is 5.11 Å². The number of carboxylic acid groups (broad SMARTS) is 1. The van der Waals surface area contributed by atoms with E-state index >= 15 is 0 Å². The molecule has 11 heavy (non-hydrogen) atoms. The Hall–Kier alpha value is -0.770. The first-order chi connectivity index (χ1) is 5.00. The number of nitrogens with zero attached hydrogens (tertiary/aromatic N) is 1. The molecular formula is C7H15NO3. The molecule has 0 fully saturated rings. The Morgan fingerprint density at radius 2 is 2.00 bits per heavy atom. The number of amides is 1. The predicted molar refractivity (Wildman–Crippen MR) is 41.3 cm³/mol. The number of hydrogen-bond donors (Lipinski definition) is 2. The average molecular weight is 161 g/mol. The Morgan fingerprint density at radius 3 is 2.09 bits per heavy atom. The van der Waals surface area contributed by atoms with Crippen LogP contribution in [0.2, 0.25) is 0 Å². The van der Waals surface area contributed by atoms with Crippen molar-refractivity contribution in [2.75, 3.05) is 0 Å². The van der Waals surface area contributed by atoms with Crippen molar-refractivity contribution in [3.8, 4) is 0 Å². The molecule has 0 aromatic rings. The van der Waals surface area contributed by atoms with Gasteiger partial charge >= 0.3 is 6.09 Å².